The summed E-state index contributed by atoms with van der Waals surface area (Å²) < 4.78 is 48.6. The van der Waals surface area contributed by atoms with Crippen LogP contribution in [0.4, 0.5) is 24.7 Å². The summed E-state index contributed by atoms with van der Waals surface area (Å²) in [4.78, 5) is 33.4. The molecule has 0 radical (unpaired) electrons. The van der Waals surface area contributed by atoms with Crippen molar-refractivity contribution in [3.8, 4) is 6.01 Å². The molecule has 1 aromatic heterocycles. The second-order valence-corrected chi connectivity index (χ2v) is 12.2. The molecule has 2 fully saturated rings. The van der Waals surface area contributed by atoms with Gasteiger partial charge in [-0.25, -0.2) is 6.57 Å². The molecular weight excluding hydrogens is 571 g/mol. The fourth-order valence-electron chi connectivity index (χ4n) is 6.78. The van der Waals surface area contributed by atoms with E-state index < -0.39 is 11.7 Å². The maximum absolute atomic E-state index is 14.1. The zero-order valence-electron chi connectivity index (χ0n) is 25.6. The molecule has 1 saturated carbocycles. The second kappa shape index (κ2) is 13.0. The topological polar surface area (TPSA) is 69.4 Å². The van der Waals surface area contributed by atoms with Crippen LogP contribution in [0.15, 0.2) is 30.9 Å². The molecule has 1 aliphatic carbocycles. The van der Waals surface area contributed by atoms with Crippen molar-refractivity contribution in [2.45, 2.75) is 57.4 Å². The predicted molar refractivity (Wildman–Crippen MR) is 163 cm³/mol. The van der Waals surface area contributed by atoms with Gasteiger partial charge in [-0.1, -0.05) is 18.7 Å². The first-order valence-electron chi connectivity index (χ1n) is 15.1. The Labute approximate surface area is 257 Å². The molecule has 1 amide bonds. The zero-order valence-corrected chi connectivity index (χ0v) is 25.6. The molecule has 2 aliphatic heterocycles. The third-order valence-corrected chi connectivity index (χ3v) is 9.13. The van der Waals surface area contributed by atoms with E-state index in [0.717, 1.165) is 24.8 Å². The van der Waals surface area contributed by atoms with Gasteiger partial charge in [-0.15, -0.1) is 0 Å². The van der Waals surface area contributed by atoms with Crippen molar-refractivity contribution >= 4 is 17.4 Å². The van der Waals surface area contributed by atoms with Crippen molar-refractivity contribution in [2.24, 2.45) is 5.92 Å². The van der Waals surface area contributed by atoms with Crippen LogP contribution >= 0.6 is 0 Å². The van der Waals surface area contributed by atoms with Crippen molar-refractivity contribution in [1.82, 2.24) is 19.8 Å². The summed E-state index contributed by atoms with van der Waals surface area (Å²) in [5, 5.41) is 0. The van der Waals surface area contributed by atoms with Crippen LogP contribution in [0.1, 0.15) is 41.6 Å². The number of nitrogens with zero attached hydrogens (tertiary/aromatic N) is 7. The third kappa shape index (κ3) is 6.62. The highest BCUT2D eigenvalue weighted by molar-refractivity contribution is 5.87. The molecule has 236 valence electrons. The lowest BCUT2D eigenvalue weighted by Gasteiger charge is -2.41. The summed E-state index contributed by atoms with van der Waals surface area (Å²) >= 11 is 0. The predicted octanol–water partition coefficient (Wildman–Crippen LogP) is 4.60. The maximum atomic E-state index is 14.1. The Morgan fingerprint density at radius 2 is 2.00 bits per heavy atom. The lowest BCUT2D eigenvalue weighted by molar-refractivity contribution is -0.137. The Kier molecular flexibility index (Phi) is 9.34. The fourth-order valence-corrected chi connectivity index (χ4v) is 6.78. The number of fused-ring (bicyclic) bond motifs is 1. The Hall–Kier alpha value is -3.85. The van der Waals surface area contributed by atoms with Gasteiger partial charge in [0.05, 0.1) is 24.4 Å². The van der Waals surface area contributed by atoms with Crippen LogP contribution in [-0.2, 0) is 23.9 Å². The molecule has 3 atom stereocenters. The number of rotatable bonds is 8. The number of anilines is 2. The molecule has 2 aromatic rings. The van der Waals surface area contributed by atoms with E-state index in [2.05, 4.69) is 35.3 Å². The lowest BCUT2D eigenvalue weighted by Crippen LogP contribution is -2.56. The molecule has 3 heterocycles. The summed E-state index contributed by atoms with van der Waals surface area (Å²) in [6, 6.07) is 5.02. The van der Waals surface area contributed by atoms with Crippen molar-refractivity contribution < 1.29 is 22.7 Å². The fraction of sp³-hybridized carbons (Fsp3) is 0.562. The van der Waals surface area contributed by atoms with Crippen LogP contribution in [0.3, 0.4) is 0 Å². The molecule has 0 bridgehead atoms. The first-order chi connectivity index (χ1) is 21.0. The average Bonchev–Trinajstić information content (AvgIpc) is 3.48. The molecular formula is C32H40F3N7O2. The number of hydrogen-bond donors (Lipinski definition) is 0. The van der Waals surface area contributed by atoms with Crippen molar-refractivity contribution in [3.05, 3.63) is 64.7 Å². The summed E-state index contributed by atoms with van der Waals surface area (Å²) in [6.45, 7) is 15.0. The minimum Gasteiger partial charge on any atom is -0.463 e. The number of aromatic nitrogens is 2. The number of aryl methyl sites for hydroxylation is 1. The van der Waals surface area contributed by atoms with Gasteiger partial charge in [-0.05, 0) is 70.3 Å². The summed E-state index contributed by atoms with van der Waals surface area (Å²) in [7, 11) is 4.17. The van der Waals surface area contributed by atoms with E-state index >= 15 is 0 Å². The van der Waals surface area contributed by atoms with Gasteiger partial charge >= 0.3 is 12.2 Å². The minimum absolute atomic E-state index is 0.139. The number of carbonyl (C=O) groups excluding carboxylic acids is 1. The highest BCUT2D eigenvalue weighted by atomic mass is 19.4. The highest BCUT2D eigenvalue weighted by Crippen LogP contribution is 2.41. The molecule has 3 aliphatic rings. The largest absolute Gasteiger partial charge is 0.463 e. The smallest absolute Gasteiger partial charge is 0.418 e. The highest BCUT2D eigenvalue weighted by Gasteiger charge is 2.39. The van der Waals surface area contributed by atoms with Gasteiger partial charge in [0.1, 0.15) is 11.9 Å². The van der Waals surface area contributed by atoms with E-state index in [9.17, 15) is 18.0 Å². The number of hydrogen-bond acceptors (Lipinski definition) is 7. The molecule has 0 spiro atoms. The van der Waals surface area contributed by atoms with Gasteiger partial charge in [-0.2, -0.15) is 23.1 Å². The SMILES string of the molecule is [C-]#[N+]C[C@H]1CN(c2nc(OCC3CCC(N(C)C)C3)nc3c2CCN(c2cccc(C)c2C(F)(F)F)C3)CCN1C(=O)C=C. The van der Waals surface area contributed by atoms with Crippen molar-refractivity contribution in [3.63, 3.8) is 0 Å². The Bertz CT molecular complexity index is 1420. The van der Waals surface area contributed by atoms with E-state index in [1.807, 2.05) is 0 Å². The molecule has 1 aromatic carbocycles. The third-order valence-electron chi connectivity index (χ3n) is 9.13. The normalized spacial score (nSPS) is 22.1. The molecule has 5 rings (SSSR count). The van der Waals surface area contributed by atoms with E-state index in [1.165, 1.54) is 25.1 Å². The van der Waals surface area contributed by atoms with Gasteiger partial charge in [0, 0.05) is 43.5 Å². The van der Waals surface area contributed by atoms with Gasteiger partial charge in [0.25, 0.3) is 0 Å². The summed E-state index contributed by atoms with van der Waals surface area (Å²) in [5.74, 6) is 0.817. The van der Waals surface area contributed by atoms with E-state index in [1.54, 1.807) is 15.9 Å². The monoisotopic (exact) mass is 611 g/mol. The molecule has 1 saturated heterocycles. The average molecular weight is 612 g/mol. The zero-order chi connectivity index (χ0) is 31.6. The van der Waals surface area contributed by atoms with Crippen LogP contribution in [0, 0.1) is 19.4 Å². The molecule has 44 heavy (non-hydrogen) atoms. The van der Waals surface area contributed by atoms with E-state index in [0.29, 0.717) is 62.7 Å². The van der Waals surface area contributed by atoms with Crippen molar-refractivity contribution in [1.29, 1.82) is 0 Å². The van der Waals surface area contributed by atoms with Crippen LogP contribution in [-0.4, -0.2) is 91.2 Å². The first kappa shape index (κ1) is 31.6. The quantitative estimate of drug-likeness (QED) is 0.319. The number of benzene rings is 1. The second-order valence-electron chi connectivity index (χ2n) is 12.2. The van der Waals surface area contributed by atoms with Gasteiger partial charge < -0.3 is 29.2 Å². The number of ether oxygens (including phenoxy) is 1. The number of piperazine rings is 1. The first-order valence-corrected chi connectivity index (χ1v) is 15.1. The van der Waals surface area contributed by atoms with E-state index in [-0.39, 0.29) is 42.3 Å². The maximum Gasteiger partial charge on any atom is 0.418 e. The van der Waals surface area contributed by atoms with Crippen LogP contribution in [0.5, 0.6) is 6.01 Å². The number of halogens is 3. The van der Waals surface area contributed by atoms with Crippen LogP contribution in [0.25, 0.3) is 4.85 Å². The van der Waals surface area contributed by atoms with Crippen LogP contribution < -0.4 is 14.5 Å². The van der Waals surface area contributed by atoms with E-state index in [4.69, 9.17) is 21.3 Å². The van der Waals surface area contributed by atoms with Gasteiger partial charge in [0.15, 0.2) is 0 Å². The number of alkyl halides is 3. The lowest BCUT2D eigenvalue weighted by atomic mass is 10.00. The summed E-state index contributed by atoms with van der Waals surface area (Å²) in [5.41, 5.74) is 1.19. The molecule has 0 N–H and O–H groups in total. The van der Waals surface area contributed by atoms with Crippen LogP contribution in [0.2, 0.25) is 0 Å². The Morgan fingerprint density at radius 3 is 2.68 bits per heavy atom. The Balaban J connectivity index is 1.47. The standard InChI is InChI=1S/C32H40F3N7O2/c1-6-28(43)42-15-14-41(18-24(42)17-36-3)30-25-12-13-40(27-9-7-8-21(2)29(27)32(33,34)35)19-26(25)37-31(38-30)44-20-22-10-11-23(16-22)39(4)5/h6-9,22-24H,1,10-20H2,2,4-5H3/t22?,23?,24-/m0/s1. The minimum atomic E-state index is -4.49. The summed E-state index contributed by atoms with van der Waals surface area (Å²) in [6.07, 6.45) is 0.384. The van der Waals surface area contributed by atoms with Gasteiger partial charge in [-0.3, -0.25) is 4.79 Å². The van der Waals surface area contributed by atoms with Crippen molar-refractivity contribution in [2.75, 3.05) is 63.2 Å². The number of amides is 1. The molecule has 12 heteroatoms. The molecule has 9 nitrogen and oxygen atoms in total. The molecule has 2 unspecified atom stereocenters. The number of carbonyl (C=O) groups is 1. The van der Waals surface area contributed by atoms with Gasteiger partial charge in [0.2, 0.25) is 12.5 Å². The Morgan fingerprint density at radius 1 is 1.20 bits per heavy atom.